The van der Waals surface area contributed by atoms with Gasteiger partial charge in [-0.05, 0) is 22.0 Å². The summed E-state index contributed by atoms with van der Waals surface area (Å²) in [4.78, 5) is 30.3. The second kappa shape index (κ2) is 6.15. The monoisotopic (exact) mass is 353 g/mol. The second-order valence-electron chi connectivity index (χ2n) is 5.91. The Morgan fingerprint density at radius 2 is 1.88 bits per heavy atom. The molecule has 3 rings (SSSR count). The fraction of sp³-hybridized carbons (Fsp3) is 0.467. The highest BCUT2D eigenvalue weighted by Gasteiger charge is 2.45. The van der Waals surface area contributed by atoms with Gasteiger partial charge in [-0.15, -0.1) is 0 Å². The van der Waals surface area contributed by atoms with Gasteiger partial charge in [0.1, 0.15) is 6.04 Å². The Morgan fingerprint density at radius 3 is 2.54 bits per heavy atom. The summed E-state index contributed by atoms with van der Waals surface area (Å²) in [5.41, 5.74) is 1.80. The van der Waals surface area contributed by atoms with Gasteiger partial charge in [0.2, 0.25) is 5.91 Å². The number of fused-ring (bicyclic) bond motifs is 2. The first-order chi connectivity index (χ1) is 11.3. The number of nitrogens with zero attached hydrogens (tertiary/aromatic N) is 3. The van der Waals surface area contributed by atoms with Gasteiger partial charge in [0.25, 0.3) is 0 Å². The predicted octanol–water partition coefficient (Wildman–Crippen LogP) is -0.0898. The summed E-state index contributed by atoms with van der Waals surface area (Å²) < 4.78 is 27.6. The Morgan fingerprint density at radius 1 is 1.21 bits per heavy atom. The Bertz CT molecular complexity index is 779. The standard InChI is InChI=1S/C15H19N3O5S/c1-11(19)23-18-8-7-16(2)15(20)14-9-12-5-3-4-6-13(12)10-17(14)24(18,21)22/h3-6,14H,7-10H2,1-2H3. The van der Waals surface area contributed by atoms with Crippen molar-refractivity contribution >= 4 is 22.1 Å². The average Bonchev–Trinajstić information content (AvgIpc) is 2.55. The van der Waals surface area contributed by atoms with E-state index in [1.807, 2.05) is 24.3 Å². The van der Waals surface area contributed by atoms with Crippen LogP contribution in [0.3, 0.4) is 0 Å². The molecule has 1 aromatic rings. The first kappa shape index (κ1) is 16.9. The van der Waals surface area contributed by atoms with E-state index in [1.165, 1.54) is 4.90 Å². The van der Waals surface area contributed by atoms with Gasteiger partial charge < -0.3 is 9.74 Å². The number of hydrogen-bond donors (Lipinski definition) is 0. The zero-order valence-corrected chi connectivity index (χ0v) is 14.3. The summed E-state index contributed by atoms with van der Waals surface area (Å²) in [6.07, 6.45) is 0.298. The zero-order chi connectivity index (χ0) is 17.5. The Labute approximate surface area is 140 Å². The molecule has 1 atom stereocenters. The van der Waals surface area contributed by atoms with Crippen LogP contribution in [0.1, 0.15) is 18.1 Å². The van der Waals surface area contributed by atoms with Crippen LogP contribution in [-0.4, -0.2) is 60.1 Å². The summed E-state index contributed by atoms with van der Waals surface area (Å²) >= 11 is 0. The number of amides is 1. The lowest BCUT2D eigenvalue weighted by atomic mass is 9.95. The molecule has 1 aromatic carbocycles. The summed E-state index contributed by atoms with van der Waals surface area (Å²) in [6, 6.07) is 6.59. The molecule has 0 N–H and O–H groups in total. The van der Waals surface area contributed by atoms with Crippen LogP contribution in [-0.2, 0) is 37.6 Å². The van der Waals surface area contributed by atoms with Crippen molar-refractivity contribution < 1.29 is 22.8 Å². The predicted molar refractivity (Wildman–Crippen MR) is 84.5 cm³/mol. The van der Waals surface area contributed by atoms with E-state index in [4.69, 9.17) is 4.84 Å². The SMILES string of the molecule is CC(=O)ON1CCN(C)C(=O)C2Cc3ccccc3CN2S1(=O)=O. The number of carbonyl (C=O) groups excluding carboxylic acids is 2. The fourth-order valence-corrected chi connectivity index (χ4v) is 4.55. The molecular weight excluding hydrogens is 334 g/mol. The Balaban J connectivity index is 2.05. The van der Waals surface area contributed by atoms with Crippen molar-refractivity contribution in [2.45, 2.75) is 25.9 Å². The molecule has 9 heteroatoms. The van der Waals surface area contributed by atoms with Gasteiger partial charge in [-0.25, -0.2) is 0 Å². The van der Waals surface area contributed by atoms with E-state index in [2.05, 4.69) is 0 Å². The number of benzene rings is 1. The van der Waals surface area contributed by atoms with Gasteiger partial charge in [0.05, 0.1) is 6.54 Å². The largest absolute Gasteiger partial charge is 0.352 e. The molecule has 2 aliphatic rings. The van der Waals surface area contributed by atoms with E-state index in [9.17, 15) is 18.0 Å². The van der Waals surface area contributed by atoms with Gasteiger partial charge in [-0.1, -0.05) is 24.3 Å². The van der Waals surface area contributed by atoms with Crippen LogP contribution in [0.25, 0.3) is 0 Å². The molecule has 2 aliphatic heterocycles. The van der Waals surface area contributed by atoms with Gasteiger partial charge in [-0.2, -0.15) is 12.7 Å². The molecule has 24 heavy (non-hydrogen) atoms. The number of carbonyl (C=O) groups is 2. The van der Waals surface area contributed by atoms with Crippen molar-refractivity contribution in [3.63, 3.8) is 0 Å². The molecule has 0 aromatic heterocycles. The third kappa shape index (κ3) is 2.90. The van der Waals surface area contributed by atoms with E-state index in [0.717, 1.165) is 22.4 Å². The van der Waals surface area contributed by atoms with Crippen molar-refractivity contribution in [3.05, 3.63) is 35.4 Å². The number of hydroxylamine groups is 1. The van der Waals surface area contributed by atoms with Crippen LogP contribution in [0.15, 0.2) is 24.3 Å². The van der Waals surface area contributed by atoms with Crippen LogP contribution < -0.4 is 0 Å². The van der Waals surface area contributed by atoms with Gasteiger partial charge >= 0.3 is 16.2 Å². The van der Waals surface area contributed by atoms with Crippen molar-refractivity contribution in [3.8, 4) is 0 Å². The molecule has 0 aliphatic carbocycles. The minimum atomic E-state index is -4.10. The minimum absolute atomic E-state index is 0.0700. The van der Waals surface area contributed by atoms with Crippen LogP contribution in [0.4, 0.5) is 0 Å². The highest BCUT2D eigenvalue weighted by molar-refractivity contribution is 7.86. The van der Waals surface area contributed by atoms with Gasteiger partial charge in [0, 0.05) is 27.1 Å². The highest BCUT2D eigenvalue weighted by atomic mass is 32.2. The molecule has 1 unspecified atom stereocenters. The number of rotatable bonds is 1. The number of likely N-dealkylation sites (N-methyl/N-ethyl adjacent to an activating group) is 1. The molecule has 1 amide bonds. The molecule has 0 radical (unpaired) electrons. The molecule has 0 bridgehead atoms. The molecular formula is C15H19N3O5S. The van der Waals surface area contributed by atoms with Crippen LogP contribution in [0.5, 0.6) is 0 Å². The maximum absolute atomic E-state index is 12.9. The maximum atomic E-state index is 12.9. The minimum Gasteiger partial charge on any atom is -0.352 e. The lowest BCUT2D eigenvalue weighted by molar-refractivity contribution is -0.169. The lowest BCUT2D eigenvalue weighted by Crippen LogP contribution is -2.60. The zero-order valence-electron chi connectivity index (χ0n) is 13.5. The third-order valence-corrected chi connectivity index (χ3v) is 6.02. The van der Waals surface area contributed by atoms with Crippen molar-refractivity contribution in [2.24, 2.45) is 0 Å². The lowest BCUT2D eigenvalue weighted by Gasteiger charge is -2.40. The molecule has 2 heterocycles. The third-order valence-electron chi connectivity index (χ3n) is 4.27. The first-order valence-electron chi connectivity index (χ1n) is 7.60. The maximum Gasteiger partial charge on any atom is 0.323 e. The van der Waals surface area contributed by atoms with E-state index in [1.54, 1.807) is 7.05 Å². The van der Waals surface area contributed by atoms with Crippen molar-refractivity contribution in [1.29, 1.82) is 0 Å². The smallest absolute Gasteiger partial charge is 0.323 e. The summed E-state index contributed by atoms with van der Waals surface area (Å²) in [6.45, 7) is 1.26. The Kier molecular flexibility index (Phi) is 4.33. The molecule has 0 spiro atoms. The molecule has 0 saturated carbocycles. The van der Waals surface area contributed by atoms with Crippen LogP contribution in [0, 0.1) is 0 Å². The van der Waals surface area contributed by atoms with E-state index < -0.39 is 22.2 Å². The highest BCUT2D eigenvalue weighted by Crippen LogP contribution is 2.29. The summed E-state index contributed by atoms with van der Waals surface area (Å²) in [7, 11) is -2.49. The van der Waals surface area contributed by atoms with Crippen molar-refractivity contribution in [2.75, 3.05) is 20.1 Å². The quantitative estimate of drug-likeness (QED) is 0.704. The summed E-state index contributed by atoms with van der Waals surface area (Å²) in [5, 5.41) is 0. The molecule has 1 fully saturated rings. The topological polar surface area (TPSA) is 87.2 Å². The second-order valence-corrected chi connectivity index (χ2v) is 7.68. The van der Waals surface area contributed by atoms with Gasteiger partial charge in [0.15, 0.2) is 0 Å². The van der Waals surface area contributed by atoms with Crippen LogP contribution in [0.2, 0.25) is 0 Å². The van der Waals surface area contributed by atoms with Crippen molar-refractivity contribution in [1.82, 2.24) is 13.7 Å². The normalized spacial score (nSPS) is 24.5. The van der Waals surface area contributed by atoms with E-state index in [0.29, 0.717) is 10.9 Å². The van der Waals surface area contributed by atoms with Crippen LogP contribution >= 0.6 is 0 Å². The van der Waals surface area contributed by atoms with E-state index >= 15 is 0 Å². The number of hydrogen-bond acceptors (Lipinski definition) is 5. The molecule has 130 valence electrons. The molecule has 1 saturated heterocycles. The van der Waals surface area contributed by atoms with E-state index in [-0.39, 0.29) is 25.5 Å². The van der Waals surface area contributed by atoms with Gasteiger partial charge in [-0.3, -0.25) is 9.59 Å². The Hall–Kier alpha value is -1.97. The first-order valence-corrected chi connectivity index (χ1v) is 9.00. The average molecular weight is 353 g/mol. The fourth-order valence-electron chi connectivity index (χ4n) is 3.02. The summed E-state index contributed by atoms with van der Waals surface area (Å²) in [5.74, 6) is -0.974. The molecule has 8 nitrogen and oxygen atoms in total.